The largest absolute Gasteiger partial charge is 0.308 e. The number of para-hydroxylation sites is 2. The highest BCUT2D eigenvalue weighted by molar-refractivity contribution is 7.27. The first-order valence-electron chi connectivity index (χ1n) is 13.2. The third kappa shape index (κ3) is 3.00. The third-order valence-electron chi connectivity index (χ3n) is 7.99. The molecule has 3 heterocycles. The minimum Gasteiger partial charge on any atom is -0.308 e. The van der Waals surface area contributed by atoms with Crippen LogP contribution in [-0.4, -0.2) is 4.57 Å². The van der Waals surface area contributed by atoms with Gasteiger partial charge >= 0.3 is 0 Å². The molecule has 6 aromatic carbocycles. The van der Waals surface area contributed by atoms with Gasteiger partial charge in [0.15, 0.2) is 0 Å². The number of aromatic nitrogens is 1. The first-order chi connectivity index (χ1) is 19.3. The van der Waals surface area contributed by atoms with E-state index in [0.717, 1.165) is 0 Å². The van der Waals surface area contributed by atoms with Gasteiger partial charge in [0.25, 0.3) is 0 Å². The summed E-state index contributed by atoms with van der Waals surface area (Å²) in [5.74, 6) is 0. The van der Waals surface area contributed by atoms with Gasteiger partial charge in [0.05, 0.1) is 15.7 Å². The number of nitrogens with zero attached hydrogens (tertiary/aromatic N) is 1. The van der Waals surface area contributed by atoms with E-state index in [-0.39, 0.29) is 0 Å². The Morgan fingerprint density at radius 2 is 1.23 bits per heavy atom. The first kappa shape index (κ1) is 21.5. The van der Waals surface area contributed by atoms with Crippen LogP contribution in [0.25, 0.3) is 79.0 Å². The van der Waals surface area contributed by atoms with Crippen molar-refractivity contribution in [3.63, 3.8) is 0 Å². The SMILES string of the molecule is c1ccc(-n2c3ccccc3c3sc4ccc(-c5cccc6c5sc5c7ccccc7ccc65)cc4c32)cc1. The fourth-order valence-corrected chi connectivity index (χ4v) is 8.81. The van der Waals surface area contributed by atoms with Crippen LogP contribution in [0.5, 0.6) is 0 Å². The molecule has 182 valence electrons. The van der Waals surface area contributed by atoms with Gasteiger partial charge in [-0.05, 0) is 52.2 Å². The van der Waals surface area contributed by atoms with Crippen LogP contribution in [-0.2, 0) is 0 Å². The minimum atomic E-state index is 1.20. The van der Waals surface area contributed by atoms with E-state index in [2.05, 4.69) is 132 Å². The average Bonchev–Trinajstić information content (AvgIpc) is 3.66. The maximum atomic E-state index is 2.44. The Morgan fingerprint density at radius 3 is 2.15 bits per heavy atom. The van der Waals surface area contributed by atoms with Crippen LogP contribution in [0.4, 0.5) is 0 Å². The molecule has 3 heteroatoms. The number of rotatable bonds is 2. The second kappa shape index (κ2) is 8.03. The molecule has 0 saturated carbocycles. The molecule has 9 aromatic rings. The second-order valence-corrected chi connectivity index (χ2v) is 12.2. The maximum Gasteiger partial charge on any atom is 0.0727 e. The molecule has 0 bridgehead atoms. The summed E-state index contributed by atoms with van der Waals surface area (Å²) in [7, 11) is 0. The molecule has 3 aromatic heterocycles. The van der Waals surface area contributed by atoms with E-state index < -0.39 is 0 Å². The van der Waals surface area contributed by atoms with Crippen LogP contribution >= 0.6 is 22.7 Å². The van der Waals surface area contributed by atoms with E-state index >= 15 is 0 Å². The lowest BCUT2D eigenvalue weighted by Gasteiger charge is -2.09. The molecular weight excluding hydrogens is 511 g/mol. The summed E-state index contributed by atoms with van der Waals surface area (Å²) in [5, 5.41) is 7.96. The van der Waals surface area contributed by atoms with Gasteiger partial charge < -0.3 is 4.57 Å². The number of hydrogen-bond acceptors (Lipinski definition) is 2. The Labute approximate surface area is 232 Å². The van der Waals surface area contributed by atoms with Crippen molar-refractivity contribution < 1.29 is 0 Å². The molecule has 0 fully saturated rings. The van der Waals surface area contributed by atoms with Crippen LogP contribution in [0.2, 0.25) is 0 Å². The van der Waals surface area contributed by atoms with Gasteiger partial charge in [-0.2, -0.15) is 0 Å². The van der Waals surface area contributed by atoms with Crippen molar-refractivity contribution in [3.8, 4) is 16.8 Å². The second-order valence-electron chi connectivity index (χ2n) is 10.1. The monoisotopic (exact) mass is 531 g/mol. The molecule has 1 nitrogen and oxygen atoms in total. The summed E-state index contributed by atoms with van der Waals surface area (Å²) in [6.45, 7) is 0. The molecule has 0 N–H and O–H groups in total. The molecule has 0 amide bonds. The quantitative estimate of drug-likeness (QED) is 0.209. The van der Waals surface area contributed by atoms with Crippen molar-refractivity contribution >= 4 is 84.8 Å². The smallest absolute Gasteiger partial charge is 0.0727 e. The summed E-state index contributed by atoms with van der Waals surface area (Å²) in [5.41, 5.74) is 6.34. The normalized spacial score (nSPS) is 12.1. The zero-order valence-corrected chi connectivity index (χ0v) is 22.5. The van der Waals surface area contributed by atoms with Gasteiger partial charge in [-0.3, -0.25) is 0 Å². The van der Waals surface area contributed by atoms with Crippen LogP contribution in [0.3, 0.4) is 0 Å². The number of benzene rings is 6. The molecule has 0 radical (unpaired) electrons. The van der Waals surface area contributed by atoms with E-state index in [1.54, 1.807) is 0 Å². The summed E-state index contributed by atoms with van der Waals surface area (Å²) in [6.07, 6.45) is 0. The van der Waals surface area contributed by atoms with Gasteiger partial charge in [-0.15, -0.1) is 22.7 Å². The molecule has 0 atom stereocenters. The Balaban J connectivity index is 1.36. The lowest BCUT2D eigenvalue weighted by Crippen LogP contribution is -1.92. The van der Waals surface area contributed by atoms with Crippen molar-refractivity contribution in [1.29, 1.82) is 0 Å². The summed E-state index contributed by atoms with van der Waals surface area (Å²) in [4.78, 5) is 0. The minimum absolute atomic E-state index is 1.20. The molecule has 0 aliphatic carbocycles. The molecule has 9 rings (SSSR count). The molecule has 0 saturated heterocycles. The van der Waals surface area contributed by atoms with E-state index in [0.29, 0.717) is 0 Å². The van der Waals surface area contributed by atoms with Crippen LogP contribution in [0, 0.1) is 0 Å². The fraction of sp³-hybridized carbons (Fsp3) is 0. The lowest BCUT2D eigenvalue weighted by atomic mass is 10.0. The van der Waals surface area contributed by atoms with Crippen molar-refractivity contribution in [2.24, 2.45) is 0 Å². The van der Waals surface area contributed by atoms with E-state index in [1.807, 2.05) is 22.7 Å². The van der Waals surface area contributed by atoms with E-state index in [9.17, 15) is 0 Å². The standard InChI is InChI=1S/C36H21NS2/c1-2-10-24(11-3-1)37-31-16-7-6-13-29(31)36-33(37)30-21-23(18-20-32(30)38-36)26-14-8-15-27-28-19-17-22-9-4-5-12-25(22)34(28)39-35(26)27/h1-21H. The van der Waals surface area contributed by atoms with Crippen molar-refractivity contribution in [1.82, 2.24) is 4.57 Å². The summed E-state index contributed by atoms with van der Waals surface area (Å²) < 4.78 is 7.86. The van der Waals surface area contributed by atoms with Gasteiger partial charge in [0.1, 0.15) is 0 Å². The fourth-order valence-electron chi connectivity index (χ4n) is 6.24. The number of hydrogen-bond donors (Lipinski definition) is 0. The van der Waals surface area contributed by atoms with Crippen LogP contribution in [0.15, 0.2) is 127 Å². The van der Waals surface area contributed by atoms with E-state index in [1.165, 1.54) is 79.0 Å². The molecule has 0 unspecified atom stereocenters. The Morgan fingerprint density at radius 1 is 0.462 bits per heavy atom. The highest BCUT2D eigenvalue weighted by Crippen LogP contribution is 2.46. The van der Waals surface area contributed by atoms with Gasteiger partial charge in [-0.25, -0.2) is 0 Å². The Hall–Kier alpha value is -4.44. The number of fused-ring (bicyclic) bond motifs is 10. The Kier molecular flexibility index (Phi) is 4.43. The predicted octanol–water partition coefficient (Wildman–Crippen LogP) is 11.2. The zero-order valence-electron chi connectivity index (χ0n) is 20.9. The maximum absolute atomic E-state index is 2.44. The average molecular weight is 532 g/mol. The van der Waals surface area contributed by atoms with Gasteiger partial charge in [0, 0.05) is 41.3 Å². The van der Waals surface area contributed by atoms with Crippen LogP contribution in [0.1, 0.15) is 0 Å². The number of thiophene rings is 2. The molecule has 0 aliphatic rings. The Bertz CT molecular complexity index is 2390. The molecule has 0 spiro atoms. The lowest BCUT2D eigenvalue weighted by molar-refractivity contribution is 1.19. The predicted molar refractivity (Wildman–Crippen MR) is 172 cm³/mol. The van der Waals surface area contributed by atoms with Gasteiger partial charge in [-0.1, -0.05) is 97.1 Å². The topological polar surface area (TPSA) is 4.93 Å². The van der Waals surface area contributed by atoms with Crippen molar-refractivity contribution in [2.75, 3.05) is 0 Å². The zero-order chi connectivity index (χ0) is 25.5. The highest BCUT2D eigenvalue weighted by Gasteiger charge is 2.19. The highest BCUT2D eigenvalue weighted by atomic mass is 32.1. The summed E-state index contributed by atoms with van der Waals surface area (Å²) in [6, 6.07) is 46.7. The first-order valence-corrected chi connectivity index (χ1v) is 14.8. The van der Waals surface area contributed by atoms with Gasteiger partial charge in [0.2, 0.25) is 0 Å². The van der Waals surface area contributed by atoms with Crippen molar-refractivity contribution in [2.45, 2.75) is 0 Å². The molecular formula is C36H21NS2. The summed E-state index contributed by atoms with van der Waals surface area (Å²) >= 11 is 3.83. The van der Waals surface area contributed by atoms with Crippen molar-refractivity contribution in [3.05, 3.63) is 127 Å². The third-order valence-corrected chi connectivity index (χ3v) is 10.5. The molecule has 39 heavy (non-hydrogen) atoms. The van der Waals surface area contributed by atoms with Crippen LogP contribution < -0.4 is 0 Å². The van der Waals surface area contributed by atoms with E-state index in [4.69, 9.17) is 0 Å². The molecule has 0 aliphatic heterocycles.